The molecule has 2 aromatic rings. The maximum Gasteiger partial charge on any atom is 0.454 e. The van der Waals surface area contributed by atoms with E-state index in [4.69, 9.17) is 16.5 Å². The lowest BCUT2D eigenvalue weighted by Gasteiger charge is -2.06. The Morgan fingerprint density at radius 3 is 2.58 bits per heavy atom. The summed E-state index contributed by atoms with van der Waals surface area (Å²) in [7, 11) is 0. The van der Waals surface area contributed by atoms with E-state index in [9.17, 15) is 4.79 Å². The van der Waals surface area contributed by atoms with E-state index in [-0.39, 0.29) is 0 Å². The van der Waals surface area contributed by atoms with Crippen molar-refractivity contribution in [1.29, 1.82) is 0 Å². The first-order valence-corrected chi connectivity index (χ1v) is 6.47. The zero-order valence-corrected chi connectivity index (χ0v) is 11.9. The zero-order chi connectivity index (χ0) is 13.7. The summed E-state index contributed by atoms with van der Waals surface area (Å²) in [5.74, 6) is 0.322. The summed E-state index contributed by atoms with van der Waals surface area (Å²) >= 11 is 9.08. The molecule has 0 aliphatic rings. The predicted molar refractivity (Wildman–Crippen MR) is 76.3 cm³/mol. The number of rotatable bonds is 3. The Kier molecular flexibility index (Phi) is 4.65. The molecule has 0 radical (unpaired) electrons. The number of benzene rings is 2. The average Bonchev–Trinajstić information content (AvgIpc) is 2.36. The van der Waals surface area contributed by atoms with Crippen molar-refractivity contribution in [1.82, 2.24) is 0 Å². The van der Waals surface area contributed by atoms with Crippen LogP contribution in [0.5, 0.6) is 5.75 Å². The van der Waals surface area contributed by atoms with Gasteiger partial charge in [0.15, 0.2) is 5.75 Å². The fraction of sp³-hybridized carbons (Fsp3) is 0. The lowest BCUT2D eigenvalue weighted by atomic mass is 10.3. The highest BCUT2D eigenvalue weighted by Gasteiger charge is 2.06. The molecule has 2 aromatic carbocycles. The van der Waals surface area contributed by atoms with Crippen molar-refractivity contribution in [2.24, 2.45) is 0 Å². The van der Waals surface area contributed by atoms with Crippen LogP contribution in [-0.4, -0.2) is 6.09 Å². The van der Waals surface area contributed by atoms with Gasteiger partial charge in [0.1, 0.15) is 0 Å². The van der Waals surface area contributed by atoms with Crippen LogP contribution in [0.2, 0.25) is 5.02 Å². The zero-order valence-electron chi connectivity index (χ0n) is 9.60. The summed E-state index contributed by atoms with van der Waals surface area (Å²) in [5.41, 5.74) is 0.614. The molecular weight excluding hydrogens is 334 g/mol. The molecule has 0 aliphatic heterocycles. The number of carbonyl (C=O) groups excluding carboxylic acids is 1. The molecule has 0 fully saturated rings. The number of hydrogen-bond acceptors (Lipinski definition) is 3. The third-order valence-corrected chi connectivity index (χ3v) is 2.75. The second kappa shape index (κ2) is 6.45. The van der Waals surface area contributed by atoms with Gasteiger partial charge in [0.2, 0.25) is 0 Å². The van der Waals surface area contributed by atoms with Crippen LogP contribution in [0, 0.1) is 0 Å². The molecule has 0 saturated heterocycles. The molecule has 1 N–H and O–H groups in total. The van der Waals surface area contributed by atoms with Crippen molar-refractivity contribution in [2.75, 3.05) is 5.32 Å². The number of nitrogens with one attached hydrogen (secondary N) is 1. The Morgan fingerprint density at radius 2 is 1.89 bits per heavy atom. The molecule has 0 atom stereocenters. The van der Waals surface area contributed by atoms with Crippen LogP contribution in [0.25, 0.3) is 0 Å². The summed E-state index contributed by atoms with van der Waals surface area (Å²) in [6.07, 6.45) is -0.720. The van der Waals surface area contributed by atoms with Crippen molar-refractivity contribution in [3.8, 4) is 5.75 Å². The number of amides is 1. The van der Waals surface area contributed by atoms with Crippen LogP contribution in [0.3, 0.4) is 0 Å². The summed E-state index contributed by atoms with van der Waals surface area (Å²) < 4.78 is 0.724. The topological polar surface area (TPSA) is 47.6 Å². The fourth-order valence-electron chi connectivity index (χ4n) is 1.32. The van der Waals surface area contributed by atoms with Gasteiger partial charge in [-0.15, -0.1) is 0 Å². The minimum atomic E-state index is -0.720. The van der Waals surface area contributed by atoms with Gasteiger partial charge in [-0.3, -0.25) is 10.2 Å². The van der Waals surface area contributed by atoms with Crippen LogP contribution >= 0.6 is 27.5 Å². The Bertz CT molecular complexity index is 557. The molecule has 0 aliphatic carbocycles. The van der Waals surface area contributed by atoms with E-state index in [1.54, 1.807) is 36.4 Å². The van der Waals surface area contributed by atoms with Crippen LogP contribution in [0.1, 0.15) is 0 Å². The number of carbonyl (C=O) groups is 1. The Labute approximate surface area is 123 Å². The van der Waals surface area contributed by atoms with Gasteiger partial charge in [0.25, 0.3) is 0 Å². The quantitative estimate of drug-likeness (QED) is 0.652. The lowest BCUT2D eigenvalue weighted by molar-refractivity contribution is -0.136. The van der Waals surface area contributed by atoms with Crippen LogP contribution in [-0.2, 0) is 4.89 Å². The van der Waals surface area contributed by atoms with Gasteiger partial charge in [-0.1, -0.05) is 45.7 Å². The third kappa shape index (κ3) is 4.46. The largest absolute Gasteiger partial charge is 0.454 e. The molecule has 0 spiro atoms. The Morgan fingerprint density at radius 1 is 1.16 bits per heavy atom. The molecule has 1 amide bonds. The van der Waals surface area contributed by atoms with E-state index in [2.05, 4.69) is 26.1 Å². The van der Waals surface area contributed by atoms with E-state index in [1.165, 1.54) is 6.07 Å². The predicted octanol–water partition coefficient (Wildman–Crippen LogP) is 4.65. The maximum atomic E-state index is 11.5. The Balaban J connectivity index is 1.90. The molecule has 0 saturated carbocycles. The number of anilines is 1. The molecule has 0 heterocycles. The van der Waals surface area contributed by atoms with Crippen molar-refractivity contribution in [3.05, 3.63) is 58.0 Å². The molecule has 0 unspecified atom stereocenters. The van der Waals surface area contributed by atoms with Gasteiger partial charge in [0, 0.05) is 21.2 Å². The van der Waals surface area contributed by atoms with Gasteiger partial charge in [-0.25, -0.2) is 9.68 Å². The number of halogens is 2. The normalized spacial score (nSPS) is 9.79. The minimum Gasteiger partial charge on any atom is -0.288 e. The standard InChI is InChI=1S/C13H9BrClNO3/c14-9-6-10(15)8-12(7-9)18-19-13(17)16-11-4-2-1-3-5-11/h1-8H,(H,16,17). The van der Waals surface area contributed by atoms with Gasteiger partial charge in [-0.05, 0) is 24.3 Å². The summed E-state index contributed by atoms with van der Waals surface area (Å²) in [6, 6.07) is 13.8. The fourth-order valence-corrected chi connectivity index (χ4v) is 2.15. The summed E-state index contributed by atoms with van der Waals surface area (Å²) in [4.78, 5) is 20.9. The highest BCUT2D eigenvalue weighted by Crippen LogP contribution is 2.24. The molecule has 0 aromatic heterocycles. The third-order valence-electron chi connectivity index (χ3n) is 2.07. The SMILES string of the molecule is O=C(Nc1ccccc1)OOc1cc(Cl)cc(Br)c1. The minimum absolute atomic E-state index is 0.322. The van der Waals surface area contributed by atoms with E-state index >= 15 is 0 Å². The average molecular weight is 343 g/mol. The van der Waals surface area contributed by atoms with Gasteiger partial charge >= 0.3 is 6.09 Å². The van der Waals surface area contributed by atoms with E-state index in [0.29, 0.717) is 16.5 Å². The monoisotopic (exact) mass is 341 g/mol. The molecule has 19 heavy (non-hydrogen) atoms. The van der Waals surface area contributed by atoms with Gasteiger partial charge < -0.3 is 0 Å². The smallest absolute Gasteiger partial charge is 0.288 e. The second-order valence-electron chi connectivity index (χ2n) is 3.55. The van der Waals surface area contributed by atoms with E-state index in [0.717, 1.165) is 4.47 Å². The first kappa shape index (κ1) is 13.7. The molecule has 2 rings (SSSR count). The van der Waals surface area contributed by atoms with Crippen LogP contribution in [0.4, 0.5) is 10.5 Å². The molecule has 4 nitrogen and oxygen atoms in total. The van der Waals surface area contributed by atoms with Crippen LogP contribution in [0.15, 0.2) is 53.0 Å². The van der Waals surface area contributed by atoms with Crippen LogP contribution < -0.4 is 10.2 Å². The first-order chi connectivity index (χ1) is 9.13. The summed E-state index contributed by atoms with van der Waals surface area (Å²) in [5, 5.41) is 2.98. The van der Waals surface area contributed by atoms with Gasteiger partial charge in [0.05, 0.1) is 0 Å². The molecule has 6 heteroatoms. The second-order valence-corrected chi connectivity index (χ2v) is 4.90. The molecule has 98 valence electrons. The maximum absolute atomic E-state index is 11.5. The number of para-hydroxylation sites is 1. The van der Waals surface area contributed by atoms with Crippen molar-refractivity contribution >= 4 is 39.3 Å². The van der Waals surface area contributed by atoms with Crippen molar-refractivity contribution in [2.45, 2.75) is 0 Å². The van der Waals surface area contributed by atoms with E-state index in [1.807, 2.05) is 6.07 Å². The van der Waals surface area contributed by atoms with Gasteiger partial charge in [-0.2, -0.15) is 0 Å². The highest BCUT2D eigenvalue weighted by atomic mass is 79.9. The summed E-state index contributed by atoms with van der Waals surface area (Å²) in [6.45, 7) is 0. The molecule has 0 bridgehead atoms. The highest BCUT2D eigenvalue weighted by molar-refractivity contribution is 9.10. The van der Waals surface area contributed by atoms with Crippen molar-refractivity contribution < 1.29 is 14.6 Å². The molecular formula is C13H9BrClNO3. The first-order valence-electron chi connectivity index (χ1n) is 5.30. The number of hydrogen-bond donors (Lipinski definition) is 1. The van der Waals surface area contributed by atoms with E-state index < -0.39 is 6.09 Å². The Hall–Kier alpha value is -1.72. The lowest BCUT2D eigenvalue weighted by Crippen LogP contribution is -2.15. The van der Waals surface area contributed by atoms with Crippen molar-refractivity contribution in [3.63, 3.8) is 0 Å².